The molecule has 31 heavy (non-hydrogen) atoms. The van der Waals surface area contributed by atoms with Gasteiger partial charge in [0.2, 0.25) is 10.0 Å². The summed E-state index contributed by atoms with van der Waals surface area (Å²) in [7, 11) is -2.05. The number of halogens is 1. The van der Waals surface area contributed by atoms with E-state index < -0.39 is 15.9 Å². The monoisotopic (exact) mass is 463 g/mol. The van der Waals surface area contributed by atoms with Crippen molar-refractivity contribution in [1.29, 1.82) is 0 Å². The minimum Gasteiger partial charge on any atom is -0.379 e. The summed E-state index contributed by atoms with van der Waals surface area (Å²) in [5.74, 6) is 0.0718. The van der Waals surface area contributed by atoms with Gasteiger partial charge in [-0.2, -0.15) is 9.40 Å². The predicted molar refractivity (Wildman–Crippen MR) is 116 cm³/mol. The van der Waals surface area contributed by atoms with Gasteiger partial charge in [-0.25, -0.2) is 13.1 Å². The molecule has 0 radical (unpaired) electrons. The zero-order valence-corrected chi connectivity index (χ0v) is 18.4. The zero-order chi connectivity index (χ0) is 22.0. The number of hydrogen-bond acceptors (Lipinski definition) is 5. The van der Waals surface area contributed by atoms with E-state index in [1.807, 2.05) is 12.1 Å². The molecule has 3 heterocycles. The van der Waals surface area contributed by atoms with Crippen LogP contribution in [0, 0.1) is 0 Å². The van der Waals surface area contributed by atoms with Crippen molar-refractivity contribution in [2.24, 2.45) is 7.05 Å². The Balaban J connectivity index is 1.51. The van der Waals surface area contributed by atoms with Gasteiger partial charge in [0.05, 0.1) is 26.0 Å². The molecule has 3 aromatic rings. The standard InChI is InChI=1S/C20H22ClN5O4S/c1-24-14-17(31(28,29)25-8-10-30-11-9-25)12-18(24)20(27)23-19-6-7-22-26(19)13-15-2-4-16(21)5-3-15/h2-7,12,14H,8-11,13H2,1H3,(H,23,27). The number of morpholine rings is 1. The SMILES string of the molecule is Cn1cc(S(=O)(=O)N2CCOCC2)cc1C(=O)Nc1ccnn1Cc1ccc(Cl)cc1. The van der Waals surface area contributed by atoms with Crippen molar-refractivity contribution in [3.8, 4) is 0 Å². The van der Waals surface area contributed by atoms with E-state index >= 15 is 0 Å². The molecule has 1 N–H and O–H groups in total. The van der Waals surface area contributed by atoms with Crippen LogP contribution in [0.25, 0.3) is 0 Å². The van der Waals surface area contributed by atoms with Crippen LogP contribution in [-0.4, -0.2) is 59.3 Å². The Labute approximate surface area is 185 Å². The Morgan fingerprint density at radius 2 is 1.90 bits per heavy atom. The van der Waals surface area contributed by atoms with Crippen molar-refractivity contribution >= 4 is 33.3 Å². The third kappa shape index (κ3) is 4.67. The zero-order valence-electron chi connectivity index (χ0n) is 16.9. The molecule has 1 saturated heterocycles. The maximum absolute atomic E-state index is 12.9. The van der Waals surface area contributed by atoms with Crippen molar-refractivity contribution in [3.63, 3.8) is 0 Å². The van der Waals surface area contributed by atoms with Gasteiger partial charge in [-0.1, -0.05) is 23.7 Å². The molecule has 164 valence electrons. The summed E-state index contributed by atoms with van der Waals surface area (Å²) in [5, 5.41) is 7.71. The predicted octanol–water partition coefficient (Wildman–Crippen LogP) is 2.20. The fourth-order valence-electron chi connectivity index (χ4n) is 3.35. The summed E-state index contributed by atoms with van der Waals surface area (Å²) in [6.45, 7) is 1.75. The number of hydrogen-bond donors (Lipinski definition) is 1. The first kappa shape index (κ1) is 21.6. The number of sulfonamides is 1. The summed E-state index contributed by atoms with van der Waals surface area (Å²) in [4.78, 5) is 13.0. The molecule has 1 amide bonds. The number of amides is 1. The maximum Gasteiger partial charge on any atom is 0.273 e. The van der Waals surface area contributed by atoms with Crippen LogP contribution in [0.4, 0.5) is 5.82 Å². The smallest absolute Gasteiger partial charge is 0.273 e. The summed E-state index contributed by atoms with van der Waals surface area (Å²) < 4.78 is 35.5. The number of nitrogens with zero attached hydrogens (tertiary/aromatic N) is 4. The van der Waals surface area contributed by atoms with Crippen LogP contribution in [0.15, 0.2) is 53.7 Å². The number of carbonyl (C=O) groups excluding carboxylic acids is 1. The topological polar surface area (TPSA) is 98.5 Å². The van der Waals surface area contributed by atoms with Gasteiger partial charge in [-0.3, -0.25) is 4.79 Å². The van der Waals surface area contributed by atoms with Crippen molar-refractivity contribution in [2.75, 3.05) is 31.6 Å². The summed E-state index contributed by atoms with van der Waals surface area (Å²) >= 11 is 5.93. The Kier molecular flexibility index (Phi) is 6.15. The average molecular weight is 464 g/mol. The molecule has 11 heteroatoms. The lowest BCUT2D eigenvalue weighted by Crippen LogP contribution is -2.40. The third-order valence-electron chi connectivity index (χ3n) is 5.02. The van der Waals surface area contributed by atoms with Crippen LogP contribution in [0.5, 0.6) is 0 Å². The fourth-order valence-corrected chi connectivity index (χ4v) is 4.95. The van der Waals surface area contributed by atoms with Crippen molar-refractivity contribution in [3.05, 3.63) is 65.1 Å². The maximum atomic E-state index is 12.9. The highest BCUT2D eigenvalue weighted by Crippen LogP contribution is 2.21. The van der Waals surface area contributed by atoms with E-state index in [9.17, 15) is 13.2 Å². The Morgan fingerprint density at radius 3 is 2.61 bits per heavy atom. The molecular formula is C20H22ClN5O4S. The molecule has 1 aliphatic heterocycles. The number of rotatable bonds is 6. The van der Waals surface area contributed by atoms with E-state index in [4.69, 9.17) is 16.3 Å². The normalized spacial score (nSPS) is 15.2. The molecule has 0 spiro atoms. The summed E-state index contributed by atoms with van der Waals surface area (Å²) in [5.41, 5.74) is 1.20. The lowest BCUT2D eigenvalue weighted by Gasteiger charge is -2.25. The van der Waals surface area contributed by atoms with Crippen LogP contribution in [0.3, 0.4) is 0 Å². The molecular weight excluding hydrogens is 442 g/mol. The minimum atomic E-state index is -3.69. The Morgan fingerprint density at radius 1 is 1.19 bits per heavy atom. The van der Waals surface area contributed by atoms with E-state index in [-0.39, 0.29) is 10.6 Å². The minimum absolute atomic E-state index is 0.0803. The Hall–Kier alpha value is -2.66. The van der Waals surface area contributed by atoms with E-state index in [1.54, 1.807) is 36.1 Å². The van der Waals surface area contributed by atoms with E-state index in [1.165, 1.54) is 21.1 Å². The molecule has 0 atom stereocenters. The van der Waals surface area contributed by atoms with Crippen LogP contribution in [-0.2, 0) is 28.4 Å². The second-order valence-electron chi connectivity index (χ2n) is 7.14. The first-order valence-corrected chi connectivity index (χ1v) is 11.5. The fraction of sp³-hybridized carbons (Fsp3) is 0.300. The number of carbonyl (C=O) groups is 1. The number of benzene rings is 1. The van der Waals surface area contributed by atoms with Gasteiger partial charge in [-0.15, -0.1) is 0 Å². The van der Waals surface area contributed by atoms with E-state index in [0.717, 1.165) is 5.56 Å². The molecule has 9 nitrogen and oxygen atoms in total. The molecule has 1 fully saturated rings. The highest BCUT2D eigenvalue weighted by atomic mass is 35.5. The number of aromatic nitrogens is 3. The van der Waals surface area contributed by atoms with Crippen LogP contribution >= 0.6 is 11.6 Å². The lowest BCUT2D eigenvalue weighted by atomic mass is 10.2. The largest absolute Gasteiger partial charge is 0.379 e. The van der Waals surface area contributed by atoms with E-state index in [0.29, 0.717) is 43.7 Å². The van der Waals surface area contributed by atoms with Crippen molar-refractivity contribution < 1.29 is 17.9 Å². The highest BCUT2D eigenvalue weighted by Gasteiger charge is 2.29. The number of anilines is 1. The summed E-state index contributed by atoms with van der Waals surface area (Å²) in [6.07, 6.45) is 3.04. The molecule has 0 saturated carbocycles. The number of ether oxygens (including phenoxy) is 1. The van der Waals surface area contributed by atoms with Crippen LogP contribution < -0.4 is 5.32 Å². The molecule has 2 aromatic heterocycles. The second-order valence-corrected chi connectivity index (χ2v) is 9.52. The quantitative estimate of drug-likeness (QED) is 0.604. The number of aryl methyl sites for hydroxylation is 1. The summed E-state index contributed by atoms with van der Waals surface area (Å²) in [6, 6.07) is 10.4. The van der Waals surface area contributed by atoms with Gasteiger partial charge in [0.1, 0.15) is 16.4 Å². The average Bonchev–Trinajstić information content (AvgIpc) is 3.37. The molecule has 4 rings (SSSR count). The van der Waals surface area contributed by atoms with Gasteiger partial charge >= 0.3 is 0 Å². The van der Waals surface area contributed by atoms with E-state index in [2.05, 4.69) is 10.4 Å². The first-order chi connectivity index (χ1) is 14.8. The molecule has 1 aliphatic rings. The van der Waals surface area contributed by atoms with Crippen molar-refractivity contribution in [2.45, 2.75) is 11.4 Å². The first-order valence-electron chi connectivity index (χ1n) is 9.66. The van der Waals surface area contributed by atoms with Gasteiger partial charge in [0.15, 0.2) is 0 Å². The van der Waals surface area contributed by atoms with Crippen LogP contribution in [0.1, 0.15) is 16.1 Å². The van der Waals surface area contributed by atoms with Gasteiger partial charge in [0, 0.05) is 37.4 Å². The van der Waals surface area contributed by atoms with Crippen LogP contribution in [0.2, 0.25) is 5.02 Å². The van der Waals surface area contributed by atoms with Gasteiger partial charge in [0.25, 0.3) is 5.91 Å². The second kappa shape index (κ2) is 8.83. The Bertz CT molecular complexity index is 1180. The van der Waals surface area contributed by atoms with Crippen molar-refractivity contribution in [1.82, 2.24) is 18.7 Å². The van der Waals surface area contributed by atoms with Gasteiger partial charge in [-0.05, 0) is 23.8 Å². The lowest BCUT2D eigenvalue weighted by molar-refractivity contribution is 0.0730. The molecule has 0 unspecified atom stereocenters. The third-order valence-corrected chi connectivity index (χ3v) is 7.14. The van der Waals surface area contributed by atoms with Gasteiger partial charge < -0.3 is 14.6 Å². The molecule has 1 aromatic carbocycles. The highest BCUT2D eigenvalue weighted by molar-refractivity contribution is 7.89. The molecule has 0 aliphatic carbocycles. The number of nitrogens with one attached hydrogen (secondary N) is 1. The molecule has 0 bridgehead atoms.